The van der Waals surface area contributed by atoms with E-state index in [0.29, 0.717) is 34.9 Å². The predicted octanol–water partition coefficient (Wildman–Crippen LogP) is 5.27. The van der Waals surface area contributed by atoms with Crippen LogP contribution < -0.4 is 5.32 Å². The minimum absolute atomic E-state index is 0.245. The van der Waals surface area contributed by atoms with E-state index in [1.165, 1.54) is 11.8 Å². The molecule has 4 rings (SSSR count). The van der Waals surface area contributed by atoms with Crippen molar-refractivity contribution in [3.8, 4) is 5.82 Å². The molecule has 4 aromatic rings. The van der Waals surface area contributed by atoms with Gasteiger partial charge in [0, 0.05) is 17.9 Å². The lowest BCUT2D eigenvalue weighted by Gasteiger charge is -2.14. The maximum atomic E-state index is 12.7. The van der Waals surface area contributed by atoms with E-state index in [0.717, 1.165) is 22.0 Å². The molecular weight excluding hydrogens is 440 g/mol. The number of aromatic nitrogens is 5. The Bertz CT molecular complexity index is 1370. The quantitative estimate of drug-likeness (QED) is 0.306. The lowest BCUT2D eigenvalue weighted by molar-refractivity contribution is 0.0527. The van der Waals surface area contributed by atoms with Gasteiger partial charge in [-0.1, -0.05) is 30.2 Å². The van der Waals surface area contributed by atoms with Crippen LogP contribution in [0.3, 0.4) is 0 Å². The molecule has 8 nitrogen and oxygen atoms in total. The molecule has 3 aromatic heterocycles. The molecule has 0 fully saturated rings. The average Bonchev–Trinajstić information content (AvgIpc) is 3.17. The van der Waals surface area contributed by atoms with Crippen LogP contribution in [-0.4, -0.2) is 37.3 Å². The molecular formula is C24H25ClN6O2. The Morgan fingerprint density at radius 2 is 1.85 bits per heavy atom. The van der Waals surface area contributed by atoms with E-state index in [9.17, 15) is 4.79 Å². The van der Waals surface area contributed by atoms with Gasteiger partial charge in [-0.25, -0.2) is 19.7 Å². The zero-order valence-electron chi connectivity index (χ0n) is 19.2. The van der Waals surface area contributed by atoms with E-state index in [-0.39, 0.29) is 12.2 Å². The molecule has 0 unspecified atom stereocenters. The van der Waals surface area contributed by atoms with Gasteiger partial charge in [0.25, 0.3) is 0 Å². The molecule has 0 saturated heterocycles. The van der Waals surface area contributed by atoms with Crippen LogP contribution in [0.2, 0.25) is 5.15 Å². The molecule has 0 saturated carbocycles. The van der Waals surface area contributed by atoms with Crippen LogP contribution in [0.5, 0.6) is 0 Å². The number of benzene rings is 1. The van der Waals surface area contributed by atoms with Gasteiger partial charge in [0.2, 0.25) is 0 Å². The van der Waals surface area contributed by atoms with E-state index in [4.69, 9.17) is 21.3 Å². The van der Waals surface area contributed by atoms with E-state index in [1.54, 1.807) is 17.7 Å². The van der Waals surface area contributed by atoms with Gasteiger partial charge < -0.3 is 10.1 Å². The van der Waals surface area contributed by atoms with Crippen molar-refractivity contribution >= 4 is 40.1 Å². The number of rotatable bonds is 6. The second kappa shape index (κ2) is 9.15. The van der Waals surface area contributed by atoms with Gasteiger partial charge in [-0.2, -0.15) is 9.78 Å². The van der Waals surface area contributed by atoms with E-state index in [1.807, 2.05) is 26.8 Å². The summed E-state index contributed by atoms with van der Waals surface area (Å²) in [5.41, 5.74) is 4.45. The van der Waals surface area contributed by atoms with Gasteiger partial charge in [0.05, 0.1) is 18.3 Å². The van der Waals surface area contributed by atoms with Crippen molar-refractivity contribution in [1.82, 2.24) is 24.7 Å². The minimum Gasteiger partial charge on any atom is -0.462 e. The third kappa shape index (κ3) is 4.52. The number of hydrogen-bond donors (Lipinski definition) is 1. The maximum absolute atomic E-state index is 12.7. The van der Waals surface area contributed by atoms with Crippen molar-refractivity contribution in [2.24, 2.45) is 0 Å². The fourth-order valence-electron chi connectivity index (χ4n) is 3.74. The van der Waals surface area contributed by atoms with Crippen LogP contribution in [-0.2, 0) is 11.2 Å². The number of anilines is 2. The first kappa shape index (κ1) is 22.7. The van der Waals surface area contributed by atoms with Crippen LogP contribution >= 0.6 is 11.6 Å². The summed E-state index contributed by atoms with van der Waals surface area (Å²) < 4.78 is 6.82. The SMILES string of the molecule is CCOC(=O)c1cnn(-c2cc(C)c3cc(C)cc(C)c3n2)c1Nc1cc(Cl)nc(CC)n1. The molecule has 3 heterocycles. The zero-order valence-corrected chi connectivity index (χ0v) is 20.0. The van der Waals surface area contributed by atoms with Crippen LogP contribution in [0.4, 0.5) is 11.6 Å². The molecule has 0 radical (unpaired) electrons. The lowest BCUT2D eigenvalue weighted by Crippen LogP contribution is -2.11. The largest absolute Gasteiger partial charge is 0.462 e. The fraction of sp³-hybridized carbons (Fsp3) is 0.292. The van der Waals surface area contributed by atoms with E-state index >= 15 is 0 Å². The molecule has 0 amide bonds. The Labute approximate surface area is 197 Å². The number of fused-ring (bicyclic) bond motifs is 1. The number of carbonyl (C=O) groups excluding carboxylic acids is 1. The number of ether oxygens (including phenoxy) is 1. The molecule has 0 aliphatic carbocycles. The summed E-state index contributed by atoms with van der Waals surface area (Å²) in [6, 6.07) is 7.76. The van der Waals surface area contributed by atoms with E-state index < -0.39 is 5.97 Å². The number of hydrogen-bond acceptors (Lipinski definition) is 7. The Hall–Kier alpha value is -3.52. The van der Waals surface area contributed by atoms with Crippen molar-refractivity contribution in [1.29, 1.82) is 0 Å². The zero-order chi connectivity index (χ0) is 23.7. The molecule has 0 atom stereocenters. The highest BCUT2D eigenvalue weighted by molar-refractivity contribution is 6.29. The highest BCUT2D eigenvalue weighted by atomic mass is 35.5. The number of nitrogens with one attached hydrogen (secondary N) is 1. The molecule has 0 spiro atoms. The first-order chi connectivity index (χ1) is 15.8. The monoisotopic (exact) mass is 464 g/mol. The van der Waals surface area contributed by atoms with Crippen LogP contribution in [0, 0.1) is 20.8 Å². The average molecular weight is 465 g/mol. The summed E-state index contributed by atoms with van der Waals surface area (Å²) in [6.45, 7) is 10.1. The van der Waals surface area contributed by atoms with Gasteiger partial charge in [0.15, 0.2) is 11.6 Å². The molecule has 170 valence electrons. The first-order valence-electron chi connectivity index (χ1n) is 10.7. The summed E-state index contributed by atoms with van der Waals surface area (Å²) in [5, 5.41) is 9.04. The highest BCUT2D eigenvalue weighted by Crippen LogP contribution is 2.28. The van der Waals surface area contributed by atoms with Crippen LogP contribution in [0.25, 0.3) is 16.7 Å². The predicted molar refractivity (Wildman–Crippen MR) is 129 cm³/mol. The Morgan fingerprint density at radius 3 is 2.58 bits per heavy atom. The molecule has 33 heavy (non-hydrogen) atoms. The molecule has 0 bridgehead atoms. The number of nitrogens with zero attached hydrogens (tertiary/aromatic N) is 5. The van der Waals surface area contributed by atoms with Crippen molar-refractivity contribution in [2.45, 2.75) is 41.0 Å². The lowest BCUT2D eigenvalue weighted by atomic mass is 10.0. The van der Waals surface area contributed by atoms with Crippen LogP contribution in [0.1, 0.15) is 46.7 Å². The maximum Gasteiger partial charge on any atom is 0.343 e. The van der Waals surface area contributed by atoms with Crippen molar-refractivity contribution < 1.29 is 9.53 Å². The molecule has 0 aliphatic heterocycles. The number of aryl methyl sites for hydroxylation is 4. The van der Waals surface area contributed by atoms with Crippen molar-refractivity contribution in [3.05, 3.63) is 63.7 Å². The second-order valence-electron chi connectivity index (χ2n) is 7.79. The fourth-order valence-corrected chi connectivity index (χ4v) is 3.95. The molecule has 1 N–H and O–H groups in total. The summed E-state index contributed by atoms with van der Waals surface area (Å²) in [6.07, 6.45) is 2.08. The third-order valence-corrected chi connectivity index (χ3v) is 5.42. The van der Waals surface area contributed by atoms with Gasteiger partial charge in [0.1, 0.15) is 22.4 Å². The molecule has 1 aromatic carbocycles. The molecule has 0 aliphatic rings. The van der Waals surface area contributed by atoms with Gasteiger partial charge >= 0.3 is 5.97 Å². The highest BCUT2D eigenvalue weighted by Gasteiger charge is 2.22. The minimum atomic E-state index is -0.494. The first-order valence-corrected chi connectivity index (χ1v) is 11.1. The third-order valence-electron chi connectivity index (χ3n) is 5.23. The normalized spacial score (nSPS) is 11.1. The van der Waals surface area contributed by atoms with Gasteiger partial charge in [-0.15, -0.1) is 0 Å². The summed E-state index contributed by atoms with van der Waals surface area (Å²) in [7, 11) is 0. The van der Waals surface area contributed by atoms with E-state index in [2.05, 4.69) is 39.4 Å². The summed E-state index contributed by atoms with van der Waals surface area (Å²) in [5.74, 6) is 1.50. The van der Waals surface area contributed by atoms with Crippen LogP contribution in [0.15, 0.2) is 30.5 Å². The number of esters is 1. The summed E-state index contributed by atoms with van der Waals surface area (Å²) in [4.78, 5) is 26.2. The summed E-state index contributed by atoms with van der Waals surface area (Å²) >= 11 is 6.18. The molecule has 9 heteroatoms. The Morgan fingerprint density at radius 1 is 1.06 bits per heavy atom. The number of carbonyl (C=O) groups is 1. The topological polar surface area (TPSA) is 94.8 Å². The standard InChI is InChI=1S/C24H25ClN6O2/c1-6-19-27-18(25)11-20(28-19)29-23-17(24(32)33-7-2)12-26-31(23)21-10-14(4)16-9-13(3)8-15(5)22(16)30-21/h8-12H,6-7H2,1-5H3,(H,27,28,29). The van der Waals surface area contributed by atoms with Crippen molar-refractivity contribution in [2.75, 3.05) is 11.9 Å². The number of halogens is 1. The van der Waals surface area contributed by atoms with Gasteiger partial charge in [-0.05, 0) is 51.0 Å². The Kier molecular flexibility index (Phi) is 6.29. The van der Waals surface area contributed by atoms with Gasteiger partial charge in [-0.3, -0.25) is 0 Å². The number of pyridine rings is 1. The van der Waals surface area contributed by atoms with Crippen molar-refractivity contribution in [3.63, 3.8) is 0 Å². The Balaban J connectivity index is 1.89. The second-order valence-corrected chi connectivity index (χ2v) is 8.17. The smallest absolute Gasteiger partial charge is 0.343 e.